The number of nitrogens with zero attached hydrogens (tertiary/aromatic N) is 1. The first-order valence-electron chi connectivity index (χ1n) is 12.8. The normalized spacial score (nSPS) is 23.4. The number of nitrogens with one attached hydrogen (secondary N) is 1. The minimum absolute atomic E-state index is 0.179. The largest absolute Gasteiger partial charge is 0.391 e. The maximum absolute atomic E-state index is 14.0. The number of benzene rings is 3. The molecule has 3 aromatic rings. The number of halogens is 2. The topological polar surface area (TPSA) is 69.6 Å². The summed E-state index contributed by atoms with van der Waals surface area (Å²) in [6, 6.07) is 21.3. The van der Waals surface area contributed by atoms with Crippen LogP contribution >= 0.6 is 23.2 Å². The number of carbonyl (C=O) groups is 2. The van der Waals surface area contributed by atoms with E-state index in [-0.39, 0.29) is 11.8 Å². The van der Waals surface area contributed by atoms with Crippen LogP contribution in [-0.2, 0) is 11.2 Å². The highest BCUT2D eigenvalue weighted by atomic mass is 35.5. The zero-order chi connectivity index (χ0) is 25.9. The Bertz CT molecular complexity index is 1280. The lowest BCUT2D eigenvalue weighted by Crippen LogP contribution is -2.55. The maximum atomic E-state index is 14.0. The van der Waals surface area contributed by atoms with Crippen LogP contribution in [0.4, 0.5) is 0 Å². The standard InChI is InChI=1S/C30H30Cl2N2O3/c31-20-14-15-23(24(32)18-20)28-27(29(36)33-17-16-19-8-2-1-3-9-19)21-10-4-5-11-22(21)30(37)34(28)25-12-6-7-13-26(25)35/h1-5,8-11,14-15,18,25-28,35H,6-7,12-13,16-17H2,(H,33,36)/t25?,26-,27-,28+/m1/s1. The summed E-state index contributed by atoms with van der Waals surface area (Å²) in [7, 11) is 0. The van der Waals surface area contributed by atoms with Crippen molar-refractivity contribution in [2.24, 2.45) is 0 Å². The highest BCUT2D eigenvalue weighted by Gasteiger charge is 2.48. The molecule has 3 aromatic carbocycles. The second-order valence-electron chi connectivity index (χ2n) is 9.83. The minimum Gasteiger partial charge on any atom is -0.391 e. The van der Waals surface area contributed by atoms with Crippen LogP contribution in [-0.4, -0.2) is 40.5 Å². The van der Waals surface area contributed by atoms with Gasteiger partial charge in [0.15, 0.2) is 0 Å². The van der Waals surface area contributed by atoms with Crippen LogP contribution in [0.2, 0.25) is 10.0 Å². The molecule has 0 saturated heterocycles. The molecular weight excluding hydrogens is 507 g/mol. The SMILES string of the molecule is O=C(NCCc1ccccc1)[C@@H]1c2ccccc2C(=O)N(C2CCCC[C@H]2O)[C@H]1c1ccc(Cl)cc1Cl. The van der Waals surface area contributed by atoms with Crippen molar-refractivity contribution in [1.82, 2.24) is 10.2 Å². The second-order valence-corrected chi connectivity index (χ2v) is 10.7. The third-order valence-corrected chi connectivity index (χ3v) is 8.11. The van der Waals surface area contributed by atoms with Gasteiger partial charge in [0, 0.05) is 22.2 Å². The van der Waals surface area contributed by atoms with Crippen LogP contribution < -0.4 is 5.32 Å². The van der Waals surface area contributed by atoms with Gasteiger partial charge in [0.25, 0.3) is 5.91 Å². The van der Waals surface area contributed by atoms with Crippen molar-refractivity contribution < 1.29 is 14.7 Å². The van der Waals surface area contributed by atoms with E-state index >= 15 is 0 Å². The number of carbonyl (C=O) groups excluding carboxylic acids is 2. The van der Waals surface area contributed by atoms with Crippen LogP contribution in [0.3, 0.4) is 0 Å². The average molecular weight is 537 g/mol. The summed E-state index contributed by atoms with van der Waals surface area (Å²) >= 11 is 12.9. The van der Waals surface area contributed by atoms with Crippen LogP contribution in [0.25, 0.3) is 0 Å². The van der Waals surface area contributed by atoms with Gasteiger partial charge >= 0.3 is 0 Å². The Balaban J connectivity index is 1.57. The predicted molar refractivity (Wildman–Crippen MR) is 146 cm³/mol. The van der Waals surface area contributed by atoms with E-state index in [2.05, 4.69) is 5.32 Å². The minimum atomic E-state index is -0.697. The van der Waals surface area contributed by atoms with E-state index in [1.165, 1.54) is 0 Å². The highest BCUT2D eigenvalue weighted by Crippen LogP contribution is 2.47. The van der Waals surface area contributed by atoms with Crippen molar-refractivity contribution in [3.8, 4) is 0 Å². The van der Waals surface area contributed by atoms with Gasteiger partial charge in [0.1, 0.15) is 0 Å². The van der Waals surface area contributed by atoms with E-state index < -0.39 is 24.1 Å². The van der Waals surface area contributed by atoms with Crippen molar-refractivity contribution in [3.05, 3.63) is 105 Å². The Morgan fingerprint density at radius 3 is 2.43 bits per heavy atom. The van der Waals surface area contributed by atoms with Gasteiger partial charge in [0.2, 0.25) is 5.91 Å². The number of hydrogen-bond acceptors (Lipinski definition) is 3. The Morgan fingerprint density at radius 2 is 1.68 bits per heavy atom. The molecule has 4 atom stereocenters. The molecule has 1 aliphatic carbocycles. The molecule has 7 heteroatoms. The first-order valence-corrected chi connectivity index (χ1v) is 13.6. The van der Waals surface area contributed by atoms with E-state index in [0.29, 0.717) is 52.5 Å². The summed E-state index contributed by atoms with van der Waals surface area (Å²) in [6.07, 6.45) is 3.12. The molecule has 1 saturated carbocycles. The van der Waals surface area contributed by atoms with Crippen molar-refractivity contribution in [2.45, 2.75) is 56.2 Å². The van der Waals surface area contributed by atoms with Gasteiger partial charge in [-0.3, -0.25) is 9.59 Å². The van der Waals surface area contributed by atoms with Gasteiger partial charge < -0.3 is 15.3 Å². The van der Waals surface area contributed by atoms with Gasteiger partial charge in [-0.1, -0.05) is 90.6 Å². The fourth-order valence-corrected chi connectivity index (χ4v) is 6.29. The quantitative estimate of drug-likeness (QED) is 0.409. The smallest absolute Gasteiger partial charge is 0.255 e. The summed E-state index contributed by atoms with van der Waals surface area (Å²) in [4.78, 5) is 29.7. The number of amides is 2. The zero-order valence-corrected chi connectivity index (χ0v) is 22.0. The van der Waals surface area contributed by atoms with E-state index in [1.54, 1.807) is 29.2 Å². The molecule has 0 spiro atoms. The number of fused-ring (bicyclic) bond motifs is 1. The third kappa shape index (κ3) is 5.26. The molecule has 5 nitrogen and oxygen atoms in total. The Hall–Kier alpha value is -2.86. The second kappa shape index (κ2) is 11.3. The summed E-state index contributed by atoms with van der Waals surface area (Å²) in [5, 5.41) is 15.0. The molecule has 1 aliphatic heterocycles. The van der Waals surface area contributed by atoms with Gasteiger partial charge in [-0.2, -0.15) is 0 Å². The first-order chi connectivity index (χ1) is 18.0. The summed E-state index contributed by atoms with van der Waals surface area (Å²) in [5.41, 5.74) is 2.94. The van der Waals surface area contributed by atoms with Gasteiger partial charge in [-0.15, -0.1) is 0 Å². The van der Waals surface area contributed by atoms with Gasteiger partial charge in [0.05, 0.1) is 24.1 Å². The molecule has 2 amide bonds. The van der Waals surface area contributed by atoms with Crippen molar-refractivity contribution in [2.75, 3.05) is 6.54 Å². The summed E-state index contributed by atoms with van der Waals surface area (Å²) in [6.45, 7) is 0.461. The van der Waals surface area contributed by atoms with Gasteiger partial charge in [-0.25, -0.2) is 0 Å². The molecule has 1 heterocycles. The van der Waals surface area contributed by atoms with Crippen molar-refractivity contribution in [3.63, 3.8) is 0 Å². The van der Waals surface area contributed by atoms with E-state index in [0.717, 1.165) is 18.4 Å². The molecule has 0 aromatic heterocycles. The Morgan fingerprint density at radius 1 is 0.946 bits per heavy atom. The molecule has 1 fully saturated rings. The summed E-state index contributed by atoms with van der Waals surface area (Å²) < 4.78 is 0. The lowest BCUT2D eigenvalue weighted by Gasteiger charge is -2.48. The van der Waals surface area contributed by atoms with E-state index in [9.17, 15) is 14.7 Å². The third-order valence-electron chi connectivity index (χ3n) is 7.55. The Labute approximate surface area is 227 Å². The molecule has 1 unspecified atom stereocenters. The fourth-order valence-electron chi connectivity index (χ4n) is 5.77. The lowest BCUT2D eigenvalue weighted by molar-refractivity contribution is -0.125. The van der Waals surface area contributed by atoms with Crippen LogP contribution in [0.5, 0.6) is 0 Å². The molecule has 0 radical (unpaired) electrons. The maximum Gasteiger partial charge on any atom is 0.255 e. The Kier molecular flexibility index (Phi) is 7.84. The lowest BCUT2D eigenvalue weighted by atomic mass is 9.76. The molecule has 0 bridgehead atoms. The molecule has 2 N–H and O–H groups in total. The van der Waals surface area contributed by atoms with Crippen molar-refractivity contribution in [1.29, 1.82) is 0 Å². The molecule has 5 rings (SSSR count). The average Bonchev–Trinajstić information content (AvgIpc) is 2.90. The predicted octanol–water partition coefficient (Wildman–Crippen LogP) is 5.94. The molecule has 37 heavy (non-hydrogen) atoms. The monoisotopic (exact) mass is 536 g/mol. The number of rotatable bonds is 6. The first kappa shape index (κ1) is 25.8. The van der Waals surface area contributed by atoms with Crippen LogP contribution in [0, 0.1) is 0 Å². The highest BCUT2D eigenvalue weighted by molar-refractivity contribution is 6.35. The number of aliphatic hydroxyl groups is 1. The molecule has 192 valence electrons. The van der Waals surface area contributed by atoms with E-state index in [4.69, 9.17) is 23.2 Å². The zero-order valence-electron chi connectivity index (χ0n) is 20.4. The van der Waals surface area contributed by atoms with Gasteiger partial charge in [-0.05, 0) is 54.2 Å². The number of hydrogen-bond donors (Lipinski definition) is 2. The summed E-state index contributed by atoms with van der Waals surface area (Å²) in [5.74, 6) is -1.06. The van der Waals surface area contributed by atoms with E-state index in [1.807, 2.05) is 48.5 Å². The van der Waals surface area contributed by atoms with Crippen LogP contribution in [0.1, 0.15) is 64.7 Å². The number of aliphatic hydroxyl groups excluding tert-OH is 1. The molecular formula is C30H30Cl2N2O3. The van der Waals surface area contributed by atoms with Crippen molar-refractivity contribution >= 4 is 35.0 Å². The molecule has 2 aliphatic rings. The van der Waals surface area contributed by atoms with Crippen LogP contribution in [0.15, 0.2) is 72.8 Å². The fraction of sp³-hybridized carbons (Fsp3) is 0.333.